The number of halogens is 1. The maximum absolute atomic E-state index is 13.9. The van der Waals surface area contributed by atoms with Crippen molar-refractivity contribution in [2.45, 2.75) is 75.1 Å². The number of hydrogen-bond acceptors (Lipinski definition) is 6. The topological polar surface area (TPSA) is 96.4 Å². The minimum atomic E-state index is -1.13. The Kier molecular flexibility index (Phi) is 8.04. The van der Waals surface area contributed by atoms with Crippen LogP contribution in [0.4, 0.5) is 0 Å². The second kappa shape index (κ2) is 10.2. The Morgan fingerprint density at radius 2 is 2.16 bits per heavy atom. The SMILES string of the molecule is C=CCN(CCCCC)C(=O)C1N([C@H](C)CO)C(=O)[C@@H]2[C@@H](C(=O)OCC)[C@@H]3OC12CC3Br. The highest BCUT2D eigenvalue weighted by Gasteiger charge is 2.77. The summed E-state index contributed by atoms with van der Waals surface area (Å²) in [6, 6.07) is -1.50. The molecule has 3 heterocycles. The zero-order chi connectivity index (χ0) is 23.6. The third-order valence-electron chi connectivity index (χ3n) is 6.95. The van der Waals surface area contributed by atoms with Crippen LogP contribution in [-0.4, -0.2) is 87.6 Å². The highest BCUT2D eigenvalue weighted by molar-refractivity contribution is 9.09. The number of likely N-dealkylation sites (tertiary alicyclic amines) is 1. The van der Waals surface area contributed by atoms with Crippen LogP contribution in [0.2, 0.25) is 0 Å². The number of hydrogen-bond donors (Lipinski definition) is 1. The second-order valence-electron chi connectivity index (χ2n) is 8.97. The lowest BCUT2D eigenvalue weighted by atomic mass is 9.70. The van der Waals surface area contributed by atoms with Crippen LogP contribution >= 0.6 is 15.9 Å². The Hall–Kier alpha value is -1.45. The first-order valence-electron chi connectivity index (χ1n) is 11.6. The number of amides is 2. The fourth-order valence-corrected chi connectivity index (χ4v) is 6.53. The van der Waals surface area contributed by atoms with Gasteiger partial charge in [0.1, 0.15) is 11.6 Å². The number of ether oxygens (including phenoxy) is 2. The summed E-state index contributed by atoms with van der Waals surface area (Å²) in [7, 11) is 0. The Labute approximate surface area is 198 Å². The number of esters is 1. The van der Waals surface area contributed by atoms with Crippen molar-refractivity contribution in [1.82, 2.24) is 9.80 Å². The molecule has 3 rings (SSSR count). The molecule has 0 aliphatic carbocycles. The van der Waals surface area contributed by atoms with Crippen molar-refractivity contribution in [3.8, 4) is 0 Å². The summed E-state index contributed by atoms with van der Waals surface area (Å²) in [4.78, 5) is 43.4. The highest BCUT2D eigenvalue weighted by atomic mass is 79.9. The van der Waals surface area contributed by atoms with Crippen molar-refractivity contribution < 1.29 is 29.0 Å². The summed E-state index contributed by atoms with van der Waals surface area (Å²) in [5.41, 5.74) is -1.13. The first-order valence-corrected chi connectivity index (χ1v) is 12.5. The van der Waals surface area contributed by atoms with Gasteiger partial charge in [0.2, 0.25) is 11.8 Å². The van der Waals surface area contributed by atoms with Crippen LogP contribution in [0.15, 0.2) is 12.7 Å². The summed E-state index contributed by atoms with van der Waals surface area (Å²) < 4.78 is 11.7. The number of alkyl halides is 1. The number of rotatable bonds is 11. The summed E-state index contributed by atoms with van der Waals surface area (Å²) in [5.74, 6) is -2.60. The van der Waals surface area contributed by atoms with E-state index >= 15 is 0 Å². The van der Waals surface area contributed by atoms with Gasteiger partial charge in [0.05, 0.1) is 37.2 Å². The molecule has 2 bridgehead atoms. The van der Waals surface area contributed by atoms with E-state index in [4.69, 9.17) is 9.47 Å². The molecule has 9 heteroatoms. The molecular formula is C23H35BrN2O6. The van der Waals surface area contributed by atoms with Gasteiger partial charge in [-0.15, -0.1) is 6.58 Å². The van der Waals surface area contributed by atoms with Crippen LogP contribution in [0.1, 0.15) is 46.5 Å². The predicted octanol–water partition coefficient (Wildman–Crippen LogP) is 1.88. The van der Waals surface area contributed by atoms with Gasteiger partial charge < -0.3 is 24.4 Å². The number of nitrogens with zero attached hydrogens (tertiary/aromatic N) is 2. The number of fused-ring (bicyclic) bond motifs is 1. The van der Waals surface area contributed by atoms with Crippen LogP contribution in [0.5, 0.6) is 0 Å². The van der Waals surface area contributed by atoms with E-state index in [1.165, 1.54) is 4.90 Å². The van der Waals surface area contributed by atoms with E-state index in [0.717, 1.165) is 19.3 Å². The number of unbranched alkanes of at least 4 members (excludes halogenated alkanes) is 2. The molecule has 3 fully saturated rings. The Balaban J connectivity index is 2.03. The molecule has 1 spiro atoms. The van der Waals surface area contributed by atoms with E-state index in [9.17, 15) is 19.5 Å². The third kappa shape index (κ3) is 4.01. The lowest BCUT2D eigenvalue weighted by Crippen LogP contribution is -2.58. The highest BCUT2D eigenvalue weighted by Crippen LogP contribution is 2.60. The van der Waals surface area contributed by atoms with Crippen LogP contribution in [0.25, 0.3) is 0 Å². The predicted molar refractivity (Wildman–Crippen MR) is 122 cm³/mol. The van der Waals surface area contributed by atoms with Gasteiger partial charge in [0.15, 0.2) is 0 Å². The smallest absolute Gasteiger partial charge is 0.312 e. The van der Waals surface area contributed by atoms with Crippen molar-refractivity contribution in [3.05, 3.63) is 12.7 Å². The van der Waals surface area contributed by atoms with E-state index in [-0.39, 0.29) is 29.9 Å². The molecule has 8 nitrogen and oxygen atoms in total. The van der Waals surface area contributed by atoms with Gasteiger partial charge in [-0.05, 0) is 26.7 Å². The molecule has 0 saturated carbocycles. The Morgan fingerprint density at radius 1 is 1.44 bits per heavy atom. The van der Waals surface area contributed by atoms with Crippen molar-refractivity contribution >= 4 is 33.7 Å². The zero-order valence-corrected chi connectivity index (χ0v) is 20.8. The van der Waals surface area contributed by atoms with Crippen molar-refractivity contribution in [2.24, 2.45) is 11.8 Å². The maximum Gasteiger partial charge on any atom is 0.312 e. The zero-order valence-electron chi connectivity index (χ0n) is 19.2. The van der Waals surface area contributed by atoms with Crippen molar-refractivity contribution in [3.63, 3.8) is 0 Å². The number of carbonyl (C=O) groups is 3. The fourth-order valence-electron chi connectivity index (χ4n) is 5.59. The van der Waals surface area contributed by atoms with E-state index in [1.807, 2.05) is 0 Å². The van der Waals surface area contributed by atoms with Crippen LogP contribution in [0, 0.1) is 11.8 Å². The molecule has 3 aliphatic rings. The largest absolute Gasteiger partial charge is 0.466 e. The van der Waals surface area contributed by atoms with Crippen LogP contribution in [-0.2, 0) is 23.9 Å². The first kappa shape index (κ1) is 25.2. The van der Waals surface area contributed by atoms with Gasteiger partial charge in [-0.1, -0.05) is 41.8 Å². The monoisotopic (exact) mass is 514 g/mol. The van der Waals surface area contributed by atoms with Crippen molar-refractivity contribution in [2.75, 3.05) is 26.3 Å². The van der Waals surface area contributed by atoms with Gasteiger partial charge >= 0.3 is 5.97 Å². The molecule has 3 unspecified atom stereocenters. The molecule has 3 aliphatic heterocycles. The molecule has 0 radical (unpaired) electrons. The van der Waals surface area contributed by atoms with E-state index in [1.54, 1.807) is 24.8 Å². The molecule has 0 aromatic rings. The Morgan fingerprint density at radius 3 is 2.75 bits per heavy atom. The van der Waals surface area contributed by atoms with E-state index < -0.39 is 41.6 Å². The minimum absolute atomic E-state index is 0.173. The molecule has 7 atom stereocenters. The quantitative estimate of drug-likeness (QED) is 0.196. The summed E-state index contributed by atoms with van der Waals surface area (Å²) in [6.07, 6.45) is 4.44. The number of aliphatic hydroxyl groups is 1. The van der Waals surface area contributed by atoms with Crippen molar-refractivity contribution in [1.29, 1.82) is 0 Å². The fraction of sp³-hybridized carbons (Fsp3) is 0.783. The van der Waals surface area contributed by atoms with Crippen LogP contribution in [0.3, 0.4) is 0 Å². The molecule has 180 valence electrons. The molecule has 1 N–H and O–H groups in total. The standard InChI is InChI=1S/C23H35BrN2O6/c1-5-8-9-11-25(10-6-2)21(29)19-23-12-15(24)18(32-23)16(22(30)31-7-3)17(23)20(28)26(19)14(4)13-27/h6,14-19,27H,2,5,7-13H2,1,3-4H3/t14-,15?,16-,17+,18-,19?,23?/m1/s1. The molecular weight excluding hydrogens is 480 g/mol. The van der Waals surface area contributed by atoms with E-state index in [0.29, 0.717) is 19.5 Å². The number of aliphatic hydroxyl groups excluding tert-OH is 1. The van der Waals surface area contributed by atoms with Crippen LogP contribution < -0.4 is 0 Å². The molecule has 0 aromatic carbocycles. The van der Waals surface area contributed by atoms with Gasteiger partial charge in [-0.25, -0.2) is 0 Å². The lowest BCUT2D eigenvalue weighted by molar-refractivity contribution is -0.156. The molecule has 32 heavy (non-hydrogen) atoms. The summed E-state index contributed by atoms with van der Waals surface area (Å²) >= 11 is 3.62. The molecule has 0 aromatic heterocycles. The van der Waals surface area contributed by atoms with Gasteiger partial charge in [-0.2, -0.15) is 0 Å². The van der Waals surface area contributed by atoms with Gasteiger partial charge in [0, 0.05) is 17.9 Å². The second-order valence-corrected chi connectivity index (χ2v) is 10.1. The minimum Gasteiger partial charge on any atom is -0.466 e. The van der Waals surface area contributed by atoms with E-state index in [2.05, 4.69) is 29.4 Å². The molecule has 2 amide bonds. The lowest BCUT2D eigenvalue weighted by Gasteiger charge is -2.38. The summed E-state index contributed by atoms with van der Waals surface area (Å²) in [6.45, 7) is 10.1. The van der Waals surface area contributed by atoms with Gasteiger partial charge in [0.25, 0.3) is 0 Å². The molecule has 3 saturated heterocycles. The summed E-state index contributed by atoms with van der Waals surface area (Å²) in [5, 5.41) is 9.89. The maximum atomic E-state index is 13.9. The first-order chi connectivity index (χ1) is 15.3. The number of carbonyl (C=O) groups excluding carboxylic acids is 3. The average Bonchev–Trinajstić information content (AvgIpc) is 3.36. The normalized spacial score (nSPS) is 33.8. The average molecular weight is 515 g/mol. The Bertz CT molecular complexity index is 748. The van der Waals surface area contributed by atoms with Gasteiger partial charge in [-0.3, -0.25) is 14.4 Å². The third-order valence-corrected chi connectivity index (χ3v) is 7.80.